The summed E-state index contributed by atoms with van der Waals surface area (Å²) in [5.41, 5.74) is 0.156. The monoisotopic (exact) mass is 380 g/mol. The predicted molar refractivity (Wildman–Crippen MR) is 80.0 cm³/mol. The molecule has 0 spiro atoms. The lowest BCUT2D eigenvalue weighted by Gasteiger charge is -2.13. The van der Waals surface area contributed by atoms with E-state index in [9.17, 15) is 26.4 Å². The molecule has 6 nitrogen and oxygen atoms in total. The Morgan fingerprint density at radius 2 is 1.96 bits per heavy atom. The van der Waals surface area contributed by atoms with Gasteiger partial charge in [-0.1, -0.05) is 18.2 Å². The van der Waals surface area contributed by atoms with Gasteiger partial charge in [0.1, 0.15) is 9.96 Å². The van der Waals surface area contributed by atoms with Crippen molar-refractivity contribution in [1.29, 1.82) is 0 Å². The van der Waals surface area contributed by atoms with Crippen LogP contribution in [0.5, 0.6) is 5.75 Å². The Morgan fingerprint density at radius 1 is 1.29 bits per heavy atom. The van der Waals surface area contributed by atoms with E-state index in [2.05, 4.69) is 10.1 Å². The van der Waals surface area contributed by atoms with Crippen LogP contribution in [0, 0.1) is 0 Å². The average molecular weight is 380 g/mol. The number of halogens is 3. The first-order valence-corrected chi connectivity index (χ1v) is 8.72. The molecule has 2 rings (SSSR count). The number of carbonyl (C=O) groups is 1. The second-order valence-electron chi connectivity index (χ2n) is 4.54. The smallest absolute Gasteiger partial charge is 0.405 e. The van der Waals surface area contributed by atoms with E-state index in [1.807, 2.05) is 0 Å². The van der Waals surface area contributed by atoms with Crippen molar-refractivity contribution in [2.24, 2.45) is 5.14 Å². The fraction of sp³-hybridized carbons (Fsp3) is 0.154. The molecule has 11 heteroatoms. The molecular weight excluding hydrogens is 369 g/mol. The molecule has 0 atom stereocenters. The summed E-state index contributed by atoms with van der Waals surface area (Å²) >= 11 is 0.770. The van der Waals surface area contributed by atoms with Gasteiger partial charge in [-0.2, -0.15) is 0 Å². The highest BCUT2D eigenvalue weighted by Gasteiger charge is 2.32. The van der Waals surface area contributed by atoms with E-state index in [-0.39, 0.29) is 21.9 Å². The molecule has 1 amide bonds. The molecule has 0 unspecified atom stereocenters. The highest BCUT2D eigenvalue weighted by atomic mass is 32.2. The van der Waals surface area contributed by atoms with E-state index < -0.39 is 28.0 Å². The Bertz CT molecular complexity index is 847. The second kappa shape index (κ2) is 6.79. The first kappa shape index (κ1) is 18.2. The fourth-order valence-electron chi connectivity index (χ4n) is 1.74. The number of ether oxygens (including phenoxy) is 1. The van der Waals surface area contributed by atoms with E-state index in [0.717, 1.165) is 23.5 Å². The van der Waals surface area contributed by atoms with Crippen molar-refractivity contribution < 1.29 is 31.1 Å². The topological polar surface area (TPSA) is 98.5 Å². The molecule has 0 fully saturated rings. The number of para-hydroxylation sites is 1. The number of thiophene rings is 1. The molecule has 0 saturated heterocycles. The zero-order valence-corrected chi connectivity index (χ0v) is 13.5. The van der Waals surface area contributed by atoms with Crippen molar-refractivity contribution in [2.75, 3.05) is 0 Å². The first-order valence-electron chi connectivity index (χ1n) is 6.29. The van der Waals surface area contributed by atoms with Gasteiger partial charge in [0.15, 0.2) is 0 Å². The van der Waals surface area contributed by atoms with Gasteiger partial charge in [0, 0.05) is 17.5 Å². The summed E-state index contributed by atoms with van der Waals surface area (Å²) in [5.74, 6) is -1.08. The van der Waals surface area contributed by atoms with E-state index in [0.29, 0.717) is 0 Å². The Kier molecular flexibility index (Phi) is 5.16. The van der Waals surface area contributed by atoms with Gasteiger partial charge in [-0.25, -0.2) is 13.6 Å². The maximum absolute atomic E-state index is 12.3. The summed E-state index contributed by atoms with van der Waals surface area (Å²) in [6.07, 6.45) is -4.85. The number of nitrogens with two attached hydrogens (primary N) is 1. The van der Waals surface area contributed by atoms with Crippen molar-refractivity contribution in [3.05, 3.63) is 46.8 Å². The normalized spacial score (nSPS) is 12.0. The van der Waals surface area contributed by atoms with Crippen LogP contribution in [0.4, 0.5) is 13.2 Å². The van der Waals surface area contributed by atoms with Crippen LogP contribution in [0.2, 0.25) is 0 Å². The number of hydrogen-bond donors (Lipinski definition) is 2. The number of sulfonamides is 1. The average Bonchev–Trinajstić information content (AvgIpc) is 2.94. The molecule has 0 bridgehead atoms. The zero-order valence-electron chi connectivity index (χ0n) is 11.8. The van der Waals surface area contributed by atoms with Gasteiger partial charge in [-0.15, -0.1) is 24.5 Å². The van der Waals surface area contributed by atoms with Crippen LogP contribution in [-0.2, 0) is 16.6 Å². The number of nitrogens with one attached hydrogen (secondary N) is 1. The second-order valence-corrected chi connectivity index (χ2v) is 7.24. The van der Waals surface area contributed by atoms with Gasteiger partial charge in [0.2, 0.25) is 10.0 Å². The van der Waals surface area contributed by atoms with E-state index >= 15 is 0 Å². The largest absolute Gasteiger partial charge is 0.573 e. The standard InChI is InChI=1S/C13H11F3N2O4S2/c14-13(15,16)22-10-4-2-1-3-8(10)6-18-12(19)9-5-11(23-7-9)24(17,20)21/h1-5,7H,6H2,(H,18,19)(H2,17,20,21). The van der Waals surface area contributed by atoms with Crippen molar-refractivity contribution in [2.45, 2.75) is 17.1 Å². The number of carbonyl (C=O) groups excluding carboxylic acids is 1. The van der Waals surface area contributed by atoms with Crippen molar-refractivity contribution in [3.63, 3.8) is 0 Å². The van der Waals surface area contributed by atoms with Gasteiger partial charge < -0.3 is 10.1 Å². The molecule has 1 aromatic heterocycles. The number of primary sulfonamides is 1. The number of rotatable bonds is 5. The fourth-order valence-corrected chi connectivity index (χ4v) is 3.32. The van der Waals surface area contributed by atoms with Crippen LogP contribution in [0.1, 0.15) is 15.9 Å². The molecule has 0 aliphatic heterocycles. The van der Waals surface area contributed by atoms with Gasteiger partial charge in [0.05, 0.1) is 5.56 Å². The third-order valence-electron chi connectivity index (χ3n) is 2.76. The maximum Gasteiger partial charge on any atom is 0.573 e. The summed E-state index contributed by atoms with van der Waals surface area (Å²) in [6, 6.07) is 6.44. The van der Waals surface area contributed by atoms with Crippen LogP contribution in [0.15, 0.2) is 39.9 Å². The van der Waals surface area contributed by atoms with Crippen LogP contribution < -0.4 is 15.2 Å². The Morgan fingerprint density at radius 3 is 2.54 bits per heavy atom. The predicted octanol–water partition coefficient (Wildman–Crippen LogP) is 2.22. The molecule has 0 saturated carbocycles. The van der Waals surface area contributed by atoms with Crippen LogP contribution in [0.3, 0.4) is 0 Å². The molecule has 130 valence electrons. The first-order chi connectivity index (χ1) is 11.1. The molecule has 24 heavy (non-hydrogen) atoms. The van der Waals surface area contributed by atoms with Crippen LogP contribution >= 0.6 is 11.3 Å². The van der Waals surface area contributed by atoms with Crippen molar-refractivity contribution in [3.8, 4) is 5.75 Å². The lowest BCUT2D eigenvalue weighted by molar-refractivity contribution is -0.274. The minimum Gasteiger partial charge on any atom is -0.405 e. The van der Waals surface area contributed by atoms with Gasteiger partial charge in [-0.05, 0) is 12.1 Å². The lowest BCUT2D eigenvalue weighted by Crippen LogP contribution is -2.24. The minimum atomic E-state index is -4.85. The van der Waals surface area contributed by atoms with E-state index in [1.165, 1.54) is 23.6 Å². The van der Waals surface area contributed by atoms with Crippen molar-refractivity contribution in [1.82, 2.24) is 5.32 Å². The molecule has 2 aromatic rings. The van der Waals surface area contributed by atoms with Crippen LogP contribution in [-0.4, -0.2) is 20.7 Å². The number of hydrogen-bond acceptors (Lipinski definition) is 5. The molecule has 3 N–H and O–H groups in total. The van der Waals surface area contributed by atoms with E-state index in [1.54, 1.807) is 0 Å². The molecule has 0 radical (unpaired) electrons. The maximum atomic E-state index is 12.3. The number of amides is 1. The molecule has 1 heterocycles. The minimum absolute atomic E-state index is 0.0400. The Hall–Kier alpha value is -2.11. The van der Waals surface area contributed by atoms with Gasteiger partial charge >= 0.3 is 6.36 Å². The molecule has 1 aromatic carbocycles. The summed E-state index contributed by atoms with van der Waals surface area (Å²) < 4.78 is 63.0. The Balaban J connectivity index is 2.08. The SMILES string of the molecule is NS(=O)(=O)c1cc(C(=O)NCc2ccccc2OC(F)(F)F)cs1. The lowest BCUT2D eigenvalue weighted by atomic mass is 10.2. The van der Waals surface area contributed by atoms with Crippen molar-refractivity contribution >= 4 is 27.3 Å². The summed E-state index contributed by atoms with van der Waals surface area (Å²) in [6.45, 7) is -0.231. The number of benzene rings is 1. The van der Waals surface area contributed by atoms with Crippen LogP contribution in [0.25, 0.3) is 0 Å². The summed E-state index contributed by atoms with van der Waals surface area (Å²) in [4.78, 5) is 12.0. The highest BCUT2D eigenvalue weighted by molar-refractivity contribution is 7.91. The third-order valence-corrected chi connectivity index (χ3v) is 5.14. The number of alkyl halides is 3. The molecule has 0 aliphatic carbocycles. The summed E-state index contributed by atoms with van der Waals surface area (Å²) in [7, 11) is -3.92. The van der Waals surface area contributed by atoms with Gasteiger partial charge in [0.25, 0.3) is 5.91 Å². The van der Waals surface area contributed by atoms with E-state index in [4.69, 9.17) is 5.14 Å². The molecule has 0 aliphatic rings. The van der Waals surface area contributed by atoms with Gasteiger partial charge in [-0.3, -0.25) is 4.79 Å². The Labute approximate surface area is 139 Å². The summed E-state index contributed by atoms with van der Waals surface area (Å²) in [5, 5.41) is 8.62. The third kappa shape index (κ3) is 4.94. The molecular formula is C13H11F3N2O4S2. The zero-order chi connectivity index (χ0) is 18.0. The highest BCUT2D eigenvalue weighted by Crippen LogP contribution is 2.26. The quantitative estimate of drug-likeness (QED) is 0.831.